The van der Waals surface area contributed by atoms with Crippen LogP contribution in [0.5, 0.6) is 11.5 Å². The van der Waals surface area contributed by atoms with Crippen LogP contribution in [0.4, 0.5) is 4.79 Å². The number of carbonyl (C=O) groups is 1. The Morgan fingerprint density at radius 3 is 2.36 bits per heavy atom. The van der Waals surface area contributed by atoms with Crippen LogP contribution in [-0.2, 0) is 12.8 Å². The zero-order valence-corrected chi connectivity index (χ0v) is 15.6. The highest BCUT2D eigenvalue weighted by Gasteiger charge is 2.25. The minimum atomic E-state index is -1.36. The number of carboxylic acid groups (broad SMARTS) is 1. The molecule has 140 valence electrons. The van der Waals surface area contributed by atoms with Gasteiger partial charge < -0.3 is 14.9 Å². The van der Waals surface area contributed by atoms with E-state index in [1.165, 1.54) is 24.8 Å². The predicted molar refractivity (Wildman–Crippen MR) is 99.8 cm³/mol. The Hall–Kier alpha value is -1.71. The number of aromatic hydroxyl groups is 1. The molecule has 2 N–H and O–H groups in total. The lowest BCUT2D eigenvalue weighted by atomic mass is 9.79. The third-order valence-corrected chi connectivity index (χ3v) is 5.29. The van der Waals surface area contributed by atoms with E-state index in [0.29, 0.717) is 5.92 Å². The van der Waals surface area contributed by atoms with Gasteiger partial charge in [-0.05, 0) is 55.6 Å². The molecule has 0 bridgehead atoms. The number of rotatable bonds is 8. The third kappa shape index (κ3) is 5.13. The average molecular weight is 348 g/mol. The van der Waals surface area contributed by atoms with E-state index >= 15 is 0 Å². The largest absolute Gasteiger partial charge is 0.511 e. The maximum absolute atomic E-state index is 11.1. The molecule has 1 saturated carbocycles. The van der Waals surface area contributed by atoms with Gasteiger partial charge >= 0.3 is 6.16 Å². The van der Waals surface area contributed by atoms with Crippen LogP contribution < -0.4 is 4.74 Å². The van der Waals surface area contributed by atoms with Crippen molar-refractivity contribution in [1.82, 2.24) is 0 Å². The number of benzene rings is 1. The van der Waals surface area contributed by atoms with Crippen LogP contribution >= 0.6 is 0 Å². The van der Waals surface area contributed by atoms with Crippen molar-refractivity contribution in [3.05, 3.63) is 22.8 Å². The number of hydrogen-bond acceptors (Lipinski definition) is 3. The smallest absolute Gasteiger partial charge is 0.504 e. The van der Waals surface area contributed by atoms with Crippen molar-refractivity contribution >= 4 is 6.16 Å². The normalized spacial score (nSPS) is 15.3. The summed E-state index contributed by atoms with van der Waals surface area (Å²) in [5.74, 6) is 0.697. The standard InChI is InChI=1S/C21H32O4/c1-3-5-10-16-14-18(15-11-8-7-9-12-15)17(13-6-4-2)19(22)20(16)25-21(23)24/h14-15,22H,3-13H2,1-2H3,(H,23,24). The molecule has 0 amide bonds. The highest BCUT2D eigenvalue weighted by molar-refractivity contribution is 5.66. The first kappa shape index (κ1) is 19.6. The van der Waals surface area contributed by atoms with Gasteiger partial charge in [0, 0.05) is 5.56 Å². The maximum Gasteiger partial charge on any atom is 0.511 e. The molecule has 25 heavy (non-hydrogen) atoms. The van der Waals surface area contributed by atoms with Gasteiger partial charge in [-0.15, -0.1) is 0 Å². The minimum absolute atomic E-state index is 0.0602. The topological polar surface area (TPSA) is 66.8 Å². The molecule has 0 radical (unpaired) electrons. The second-order valence-electron chi connectivity index (χ2n) is 7.19. The van der Waals surface area contributed by atoms with Crippen molar-refractivity contribution in [2.24, 2.45) is 0 Å². The van der Waals surface area contributed by atoms with E-state index < -0.39 is 6.16 Å². The SMILES string of the molecule is CCCCc1cc(C2CCCCC2)c(CCCC)c(O)c1OC(=O)O. The van der Waals surface area contributed by atoms with E-state index in [4.69, 9.17) is 9.84 Å². The second kappa shape index (κ2) is 9.69. The van der Waals surface area contributed by atoms with Gasteiger partial charge in [-0.25, -0.2) is 4.79 Å². The van der Waals surface area contributed by atoms with Crippen LogP contribution in [-0.4, -0.2) is 16.4 Å². The minimum Gasteiger partial charge on any atom is -0.504 e. The molecule has 1 fully saturated rings. The zero-order valence-electron chi connectivity index (χ0n) is 15.6. The Morgan fingerprint density at radius 2 is 1.76 bits per heavy atom. The van der Waals surface area contributed by atoms with Crippen LogP contribution in [0, 0.1) is 0 Å². The molecule has 0 spiro atoms. The molecule has 4 heteroatoms. The summed E-state index contributed by atoms with van der Waals surface area (Å²) >= 11 is 0. The lowest BCUT2D eigenvalue weighted by Gasteiger charge is -2.27. The summed E-state index contributed by atoms with van der Waals surface area (Å²) in [6.45, 7) is 4.23. The molecule has 1 aliphatic rings. The second-order valence-corrected chi connectivity index (χ2v) is 7.19. The summed E-state index contributed by atoms with van der Waals surface area (Å²) in [4.78, 5) is 11.1. The molecule has 0 aromatic heterocycles. The quantitative estimate of drug-likeness (QED) is 0.435. The lowest BCUT2D eigenvalue weighted by molar-refractivity contribution is 0.142. The number of phenolic OH excluding ortho intramolecular Hbond substituents is 1. The Bertz CT molecular complexity index is 574. The number of hydrogen-bond donors (Lipinski definition) is 2. The number of ether oxygens (including phenoxy) is 1. The molecule has 0 aliphatic heterocycles. The Balaban J connectivity index is 2.49. The molecule has 1 aliphatic carbocycles. The Morgan fingerprint density at radius 1 is 1.12 bits per heavy atom. The highest BCUT2D eigenvalue weighted by Crippen LogP contribution is 2.44. The molecule has 4 nitrogen and oxygen atoms in total. The van der Waals surface area contributed by atoms with Crippen LogP contribution in [0.25, 0.3) is 0 Å². The van der Waals surface area contributed by atoms with E-state index in [2.05, 4.69) is 19.9 Å². The zero-order chi connectivity index (χ0) is 18.2. The van der Waals surface area contributed by atoms with Crippen molar-refractivity contribution in [2.75, 3.05) is 0 Å². The molecular weight excluding hydrogens is 316 g/mol. The van der Waals surface area contributed by atoms with Gasteiger partial charge in [-0.1, -0.05) is 52.0 Å². The molecule has 2 rings (SSSR count). The first-order chi connectivity index (χ1) is 12.1. The van der Waals surface area contributed by atoms with Gasteiger partial charge in [-0.3, -0.25) is 0 Å². The molecule has 1 aromatic carbocycles. The van der Waals surface area contributed by atoms with Gasteiger partial charge in [0.15, 0.2) is 11.5 Å². The summed E-state index contributed by atoms with van der Waals surface area (Å²) < 4.78 is 5.00. The van der Waals surface area contributed by atoms with Gasteiger partial charge in [0.1, 0.15) is 0 Å². The number of phenols is 1. The summed E-state index contributed by atoms with van der Waals surface area (Å²) in [6.07, 6.45) is 10.2. The van der Waals surface area contributed by atoms with Gasteiger partial charge in [0.2, 0.25) is 0 Å². The molecule has 0 atom stereocenters. The summed E-state index contributed by atoms with van der Waals surface area (Å²) in [5.41, 5.74) is 2.97. The van der Waals surface area contributed by atoms with Crippen molar-refractivity contribution in [1.29, 1.82) is 0 Å². The van der Waals surface area contributed by atoms with Crippen molar-refractivity contribution in [3.8, 4) is 11.5 Å². The van der Waals surface area contributed by atoms with Crippen LogP contribution in [0.1, 0.15) is 94.2 Å². The van der Waals surface area contributed by atoms with Crippen molar-refractivity contribution in [2.45, 2.75) is 90.4 Å². The lowest BCUT2D eigenvalue weighted by Crippen LogP contribution is -2.12. The molecule has 0 heterocycles. The first-order valence-corrected chi connectivity index (χ1v) is 9.86. The Labute approximate surface area is 151 Å². The number of aryl methyl sites for hydroxylation is 1. The maximum atomic E-state index is 11.1. The van der Waals surface area contributed by atoms with Gasteiger partial charge in [0.05, 0.1) is 0 Å². The van der Waals surface area contributed by atoms with Crippen LogP contribution in [0.3, 0.4) is 0 Å². The number of unbranched alkanes of at least 4 members (excludes halogenated alkanes) is 2. The fourth-order valence-corrected chi connectivity index (χ4v) is 3.91. The van der Waals surface area contributed by atoms with Crippen LogP contribution in [0.15, 0.2) is 6.07 Å². The summed E-state index contributed by atoms with van der Waals surface area (Å²) in [7, 11) is 0. The first-order valence-electron chi connectivity index (χ1n) is 9.86. The van der Waals surface area contributed by atoms with Gasteiger partial charge in [-0.2, -0.15) is 0 Å². The fraction of sp³-hybridized carbons (Fsp3) is 0.667. The monoisotopic (exact) mass is 348 g/mol. The van der Waals surface area contributed by atoms with E-state index in [0.717, 1.165) is 62.5 Å². The fourth-order valence-electron chi connectivity index (χ4n) is 3.91. The average Bonchev–Trinajstić information content (AvgIpc) is 2.61. The molecule has 0 unspecified atom stereocenters. The van der Waals surface area contributed by atoms with Crippen molar-refractivity contribution < 1.29 is 19.7 Å². The summed E-state index contributed by atoms with van der Waals surface area (Å²) in [6, 6.07) is 2.13. The Kier molecular flexibility index (Phi) is 7.60. The molecule has 0 saturated heterocycles. The van der Waals surface area contributed by atoms with E-state index in [-0.39, 0.29) is 11.5 Å². The van der Waals surface area contributed by atoms with Crippen LogP contribution in [0.2, 0.25) is 0 Å². The van der Waals surface area contributed by atoms with E-state index in [1.54, 1.807) is 0 Å². The summed E-state index contributed by atoms with van der Waals surface area (Å²) in [5, 5.41) is 20.0. The van der Waals surface area contributed by atoms with E-state index in [9.17, 15) is 9.90 Å². The highest BCUT2D eigenvalue weighted by atomic mass is 16.7. The van der Waals surface area contributed by atoms with Gasteiger partial charge in [0.25, 0.3) is 0 Å². The van der Waals surface area contributed by atoms with Crippen molar-refractivity contribution in [3.63, 3.8) is 0 Å². The third-order valence-electron chi connectivity index (χ3n) is 5.29. The van der Waals surface area contributed by atoms with E-state index in [1.807, 2.05) is 0 Å². The predicted octanol–water partition coefficient (Wildman–Crippen LogP) is 6.18. The molecule has 1 aromatic rings. The molecular formula is C21H32O4.